The van der Waals surface area contributed by atoms with E-state index in [-0.39, 0.29) is 24.8 Å². The van der Waals surface area contributed by atoms with Crippen molar-refractivity contribution in [2.75, 3.05) is 37.6 Å². The number of hydrogen-bond donors (Lipinski definition) is 1. The maximum atomic E-state index is 12.3. The first kappa shape index (κ1) is 20.4. The Morgan fingerprint density at radius 1 is 1.30 bits per heavy atom. The highest BCUT2D eigenvalue weighted by molar-refractivity contribution is 7.09. The third-order valence-corrected chi connectivity index (χ3v) is 5.07. The molecule has 1 unspecified atom stereocenters. The predicted octanol–water partition coefficient (Wildman–Crippen LogP) is 1.73. The number of aryl methyl sites for hydroxylation is 1. The monoisotopic (exact) mass is 381 g/mol. The zero-order chi connectivity index (χ0) is 14.7. The number of carbonyl (C=O) groups excluding carboxylic acids is 1. The van der Waals surface area contributed by atoms with Crippen molar-refractivity contribution in [2.24, 2.45) is 0 Å². The van der Waals surface area contributed by atoms with Crippen molar-refractivity contribution < 1.29 is 4.79 Å². The minimum atomic E-state index is 0. The molecule has 1 amide bonds. The number of carbonyl (C=O) groups is 1. The molecule has 2 fully saturated rings. The lowest BCUT2D eigenvalue weighted by Crippen LogP contribution is -2.49. The smallest absolute Gasteiger partial charge is 0.224 e. The molecular formula is C14H25Cl2N5OS. The van der Waals surface area contributed by atoms with Crippen LogP contribution < -0.4 is 10.2 Å². The van der Waals surface area contributed by atoms with Crippen LogP contribution in [0.5, 0.6) is 0 Å². The van der Waals surface area contributed by atoms with Gasteiger partial charge in [-0.3, -0.25) is 4.79 Å². The number of aromatic nitrogens is 2. The minimum absolute atomic E-state index is 0. The van der Waals surface area contributed by atoms with Crippen molar-refractivity contribution in [3.63, 3.8) is 0 Å². The third-order valence-electron chi connectivity index (χ3n) is 4.26. The number of nitrogens with one attached hydrogen (secondary N) is 1. The van der Waals surface area contributed by atoms with Gasteiger partial charge in [0, 0.05) is 56.6 Å². The van der Waals surface area contributed by atoms with E-state index in [1.807, 2.05) is 4.90 Å². The SMILES string of the molecule is CCc1nsc(N2CCN(C(=O)CC3CCCN3)CC2)n1.Cl.Cl. The highest BCUT2D eigenvalue weighted by Crippen LogP contribution is 2.20. The van der Waals surface area contributed by atoms with Crippen LogP contribution in [0.4, 0.5) is 5.13 Å². The fourth-order valence-electron chi connectivity index (χ4n) is 2.93. The molecule has 2 aliphatic rings. The fraction of sp³-hybridized carbons (Fsp3) is 0.786. The lowest BCUT2D eigenvalue weighted by atomic mass is 10.1. The molecule has 9 heteroatoms. The molecule has 1 atom stereocenters. The Hall–Kier alpha value is -0.630. The number of nitrogens with zero attached hydrogens (tertiary/aromatic N) is 4. The van der Waals surface area contributed by atoms with E-state index in [1.165, 1.54) is 18.0 Å². The first-order chi connectivity index (χ1) is 10.3. The van der Waals surface area contributed by atoms with Crippen LogP contribution >= 0.6 is 36.3 Å². The summed E-state index contributed by atoms with van der Waals surface area (Å²) in [6.45, 7) is 6.45. The number of anilines is 1. The van der Waals surface area contributed by atoms with E-state index in [0.29, 0.717) is 18.4 Å². The fourth-order valence-corrected chi connectivity index (χ4v) is 3.74. The maximum Gasteiger partial charge on any atom is 0.224 e. The Morgan fingerprint density at radius 3 is 2.61 bits per heavy atom. The van der Waals surface area contributed by atoms with Crippen LogP contribution in [0.3, 0.4) is 0 Å². The van der Waals surface area contributed by atoms with Gasteiger partial charge in [-0.15, -0.1) is 24.8 Å². The van der Waals surface area contributed by atoms with Gasteiger partial charge in [0.2, 0.25) is 11.0 Å². The van der Waals surface area contributed by atoms with Gasteiger partial charge in [-0.2, -0.15) is 4.37 Å². The molecule has 1 N–H and O–H groups in total. The van der Waals surface area contributed by atoms with Crippen molar-refractivity contribution >= 4 is 47.4 Å². The van der Waals surface area contributed by atoms with Crippen LogP contribution in [-0.4, -0.2) is 58.9 Å². The summed E-state index contributed by atoms with van der Waals surface area (Å²) in [5, 5.41) is 4.39. The number of piperazine rings is 1. The van der Waals surface area contributed by atoms with Gasteiger partial charge in [0.1, 0.15) is 5.82 Å². The van der Waals surface area contributed by atoms with Gasteiger partial charge in [-0.1, -0.05) is 6.92 Å². The third kappa shape index (κ3) is 5.17. The van der Waals surface area contributed by atoms with E-state index in [9.17, 15) is 4.79 Å². The van der Waals surface area contributed by atoms with Crippen LogP contribution in [0.15, 0.2) is 0 Å². The van der Waals surface area contributed by atoms with Gasteiger partial charge in [-0.25, -0.2) is 4.98 Å². The van der Waals surface area contributed by atoms with Gasteiger partial charge < -0.3 is 15.1 Å². The van der Waals surface area contributed by atoms with Gasteiger partial charge in [0.15, 0.2) is 0 Å². The quantitative estimate of drug-likeness (QED) is 0.860. The van der Waals surface area contributed by atoms with Gasteiger partial charge in [0.25, 0.3) is 0 Å². The van der Waals surface area contributed by atoms with Crippen molar-refractivity contribution in [1.82, 2.24) is 19.6 Å². The van der Waals surface area contributed by atoms with E-state index < -0.39 is 0 Å². The Bertz CT molecular complexity index is 487. The molecule has 6 nitrogen and oxygen atoms in total. The molecule has 2 saturated heterocycles. The van der Waals surface area contributed by atoms with Crippen molar-refractivity contribution in [2.45, 2.75) is 38.6 Å². The maximum absolute atomic E-state index is 12.3. The lowest BCUT2D eigenvalue weighted by molar-refractivity contribution is -0.131. The molecule has 2 aliphatic heterocycles. The molecule has 0 bridgehead atoms. The zero-order valence-electron chi connectivity index (χ0n) is 13.4. The standard InChI is InChI=1S/C14H23N5OS.2ClH/c1-2-12-16-14(21-17-12)19-8-6-18(7-9-19)13(20)10-11-4-3-5-15-11;;/h11,15H,2-10H2,1H3;2*1H. The largest absolute Gasteiger partial charge is 0.343 e. The molecule has 0 aromatic carbocycles. The van der Waals surface area contributed by atoms with E-state index in [2.05, 4.69) is 26.5 Å². The molecule has 0 aliphatic carbocycles. The van der Waals surface area contributed by atoms with Crippen molar-refractivity contribution in [3.05, 3.63) is 5.82 Å². The molecule has 0 spiro atoms. The molecule has 0 saturated carbocycles. The Labute approximate surface area is 154 Å². The van der Waals surface area contributed by atoms with E-state index in [0.717, 1.165) is 56.5 Å². The molecule has 132 valence electrons. The average molecular weight is 382 g/mol. The molecular weight excluding hydrogens is 357 g/mol. The second-order valence-electron chi connectivity index (χ2n) is 5.71. The molecule has 1 aromatic rings. The average Bonchev–Trinajstić information content (AvgIpc) is 3.18. The Balaban J connectivity index is 0.00000132. The van der Waals surface area contributed by atoms with Gasteiger partial charge in [0.05, 0.1) is 0 Å². The van der Waals surface area contributed by atoms with Crippen molar-refractivity contribution in [1.29, 1.82) is 0 Å². The second kappa shape index (κ2) is 9.61. The van der Waals surface area contributed by atoms with Crippen LogP contribution in [0, 0.1) is 0 Å². The van der Waals surface area contributed by atoms with E-state index >= 15 is 0 Å². The normalized spacial score (nSPS) is 20.8. The minimum Gasteiger partial charge on any atom is -0.343 e. The first-order valence-electron chi connectivity index (χ1n) is 7.85. The van der Waals surface area contributed by atoms with Crippen molar-refractivity contribution in [3.8, 4) is 0 Å². The highest BCUT2D eigenvalue weighted by atomic mass is 35.5. The van der Waals surface area contributed by atoms with Crippen LogP contribution in [0.25, 0.3) is 0 Å². The van der Waals surface area contributed by atoms with Gasteiger partial charge in [-0.05, 0) is 19.4 Å². The number of rotatable bonds is 4. The molecule has 1 aromatic heterocycles. The zero-order valence-corrected chi connectivity index (χ0v) is 15.8. The molecule has 23 heavy (non-hydrogen) atoms. The molecule has 0 radical (unpaired) electrons. The summed E-state index contributed by atoms with van der Waals surface area (Å²) in [6.07, 6.45) is 3.86. The summed E-state index contributed by atoms with van der Waals surface area (Å²) in [5.74, 6) is 1.21. The summed E-state index contributed by atoms with van der Waals surface area (Å²) in [4.78, 5) is 21.1. The predicted molar refractivity (Wildman–Crippen MR) is 98.2 cm³/mol. The summed E-state index contributed by atoms with van der Waals surface area (Å²) in [7, 11) is 0. The van der Waals surface area contributed by atoms with E-state index in [1.54, 1.807) is 0 Å². The lowest BCUT2D eigenvalue weighted by Gasteiger charge is -2.34. The number of halogens is 2. The summed E-state index contributed by atoms with van der Waals surface area (Å²) in [5.41, 5.74) is 0. The number of hydrogen-bond acceptors (Lipinski definition) is 6. The molecule has 3 heterocycles. The van der Waals surface area contributed by atoms with Crippen LogP contribution in [-0.2, 0) is 11.2 Å². The number of amides is 1. The summed E-state index contributed by atoms with van der Waals surface area (Å²) >= 11 is 1.47. The summed E-state index contributed by atoms with van der Waals surface area (Å²) in [6, 6.07) is 0.394. The van der Waals surface area contributed by atoms with E-state index in [4.69, 9.17) is 0 Å². The highest BCUT2D eigenvalue weighted by Gasteiger charge is 2.25. The topological polar surface area (TPSA) is 61.4 Å². The Morgan fingerprint density at radius 2 is 2.04 bits per heavy atom. The summed E-state index contributed by atoms with van der Waals surface area (Å²) < 4.78 is 4.33. The molecule has 3 rings (SSSR count). The first-order valence-corrected chi connectivity index (χ1v) is 8.62. The van der Waals surface area contributed by atoms with Crippen LogP contribution in [0.2, 0.25) is 0 Å². The van der Waals surface area contributed by atoms with Gasteiger partial charge >= 0.3 is 0 Å². The Kier molecular flexibility index (Phi) is 8.53. The second-order valence-corrected chi connectivity index (χ2v) is 6.44. The van der Waals surface area contributed by atoms with Crippen LogP contribution in [0.1, 0.15) is 32.0 Å².